The Hall–Kier alpha value is -3.79. The number of nitrogens with zero attached hydrogens (tertiary/aromatic N) is 1. The second-order valence-electron chi connectivity index (χ2n) is 8.42. The van der Waals surface area contributed by atoms with Gasteiger partial charge in [0.15, 0.2) is 0 Å². The molecule has 19 heteroatoms. The number of likely N-dealkylation sites (N-methyl/N-ethyl adjacent to an activating group) is 1. The van der Waals surface area contributed by atoms with Gasteiger partial charge in [-0.05, 0) is 0 Å². The molecule has 0 spiro atoms. The number of nitrogens with one attached hydrogen (secondary N) is 7. The van der Waals surface area contributed by atoms with E-state index in [0.717, 1.165) is 12.2 Å². The van der Waals surface area contributed by atoms with Crippen molar-refractivity contribution in [3.63, 3.8) is 0 Å². The van der Waals surface area contributed by atoms with Crippen LogP contribution in [0.1, 0.15) is 6.92 Å². The van der Waals surface area contributed by atoms with Gasteiger partial charge in [0, 0.05) is 19.2 Å². The predicted octanol–water partition coefficient (Wildman–Crippen LogP) is -6.29. The topological polar surface area (TPSA) is 250 Å². The minimum absolute atomic E-state index is 0.135. The van der Waals surface area contributed by atoms with Crippen LogP contribution in [-0.4, -0.2) is 149 Å². The molecule has 7 N–H and O–H groups in total. The maximum absolute atomic E-state index is 12.6. The summed E-state index contributed by atoms with van der Waals surface area (Å²) in [5, 5.41) is 16.7. The summed E-state index contributed by atoms with van der Waals surface area (Å²) in [6.07, 6.45) is 1.72. The number of aldehydes is 1. The zero-order valence-electron chi connectivity index (χ0n) is 22.9. The summed E-state index contributed by atoms with van der Waals surface area (Å²) in [6.45, 7) is -0.653. The van der Waals surface area contributed by atoms with Crippen LogP contribution in [0.5, 0.6) is 0 Å². The molecule has 3 radical (unpaired) electrons. The van der Waals surface area contributed by atoms with E-state index in [1.807, 2.05) is 0 Å². The molecule has 1 rings (SSSR count). The molecular weight excluding hydrogens is 755 g/mol. The van der Waals surface area contributed by atoms with E-state index >= 15 is 0 Å². The van der Waals surface area contributed by atoms with Gasteiger partial charge in [-0.15, -0.1) is 0 Å². The van der Waals surface area contributed by atoms with Gasteiger partial charge in [0.25, 0.3) is 11.8 Å². The normalized spacial score (nSPS) is 14.3. The van der Waals surface area contributed by atoms with Crippen LogP contribution in [0.3, 0.4) is 0 Å². The van der Waals surface area contributed by atoms with Crippen LogP contribution in [0.25, 0.3) is 0 Å². The van der Waals surface area contributed by atoms with Crippen molar-refractivity contribution in [3.8, 4) is 0 Å². The number of ether oxygens (including phenoxy) is 1. The van der Waals surface area contributed by atoms with Crippen LogP contribution in [-0.2, 0) is 47.9 Å². The average Bonchev–Trinajstić information content (AvgIpc) is 3.30. The molecule has 3 atom stereocenters. The monoisotopic (exact) mass is 789 g/mol. The van der Waals surface area contributed by atoms with E-state index in [4.69, 9.17) is 4.74 Å². The minimum atomic E-state index is -1.33. The summed E-state index contributed by atoms with van der Waals surface area (Å²) in [5.74, 6) is -5.36. The zero-order chi connectivity index (χ0) is 31.7. The molecule has 0 aromatic heterocycles. The molecule has 8 amide bonds. The Morgan fingerprint density at radius 3 is 2.02 bits per heavy atom. The van der Waals surface area contributed by atoms with E-state index in [2.05, 4.69) is 37.2 Å². The first-order valence-corrected chi connectivity index (χ1v) is 15.3. The Labute approximate surface area is 256 Å². The third kappa shape index (κ3) is 12.8. The van der Waals surface area contributed by atoms with Crippen LogP contribution in [0.15, 0.2) is 12.2 Å². The van der Waals surface area contributed by atoms with Crippen molar-refractivity contribution in [1.29, 1.82) is 0 Å². The van der Waals surface area contributed by atoms with Crippen LogP contribution >= 0.6 is 0 Å². The first kappa shape index (κ1) is 36.2. The van der Waals surface area contributed by atoms with Crippen molar-refractivity contribution < 1.29 is 47.9 Å². The van der Waals surface area contributed by atoms with E-state index in [-0.39, 0.29) is 25.7 Å². The first-order chi connectivity index (χ1) is 19.9. The fourth-order valence-electron chi connectivity index (χ4n) is 3.16. The molecule has 0 saturated heterocycles. The second kappa shape index (κ2) is 19.4. The summed E-state index contributed by atoms with van der Waals surface area (Å²) in [7, 11) is 1.44. The molecule has 0 aromatic rings. The van der Waals surface area contributed by atoms with Crippen molar-refractivity contribution in [2.24, 2.45) is 0 Å². The van der Waals surface area contributed by atoms with Gasteiger partial charge in [0.05, 0.1) is 6.54 Å². The molecule has 0 aliphatic carbocycles. The SMILES string of the molecule is CNC(=O)C(C)OCNC(=O)CNC(=O)C([CH2][Pb])NC(=O)CNC(=O)CNC(=O)C(CNCC=O)N1C(=O)C=CC1=O. The molecule has 18 nitrogen and oxygen atoms in total. The molecule has 1 heterocycles. The van der Waals surface area contributed by atoms with Gasteiger partial charge in [-0.1, -0.05) is 0 Å². The molecule has 0 fully saturated rings. The number of hydrogen-bond donors (Lipinski definition) is 7. The molecule has 42 heavy (non-hydrogen) atoms. The van der Waals surface area contributed by atoms with Crippen LogP contribution in [0.2, 0.25) is 3.98 Å². The van der Waals surface area contributed by atoms with E-state index < -0.39 is 79.2 Å². The Morgan fingerprint density at radius 2 is 1.45 bits per heavy atom. The molecular formula is C23H33N8O10Pb. The van der Waals surface area contributed by atoms with Crippen molar-refractivity contribution in [2.45, 2.75) is 29.1 Å². The average molecular weight is 789 g/mol. The first-order valence-electron chi connectivity index (χ1n) is 12.5. The number of hydrogen-bond acceptors (Lipinski definition) is 11. The molecule has 229 valence electrons. The Balaban J connectivity index is 2.44. The smallest absolute Gasteiger partial charge is 0.308 e. The van der Waals surface area contributed by atoms with E-state index in [0.29, 0.717) is 40.9 Å². The van der Waals surface area contributed by atoms with Gasteiger partial charge in [-0.2, -0.15) is 0 Å². The summed E-state index contributed by atoms with van der Waals surface area (Å²) in [6, 6.07) is -2.29. The second-order valence-corrected chi connectivity index (χ2v) is 10.0. The fourth-order valence-corrected chi connectivity index (χ4v) is 4.28. The van der Waals surface area contributed by atoms with Crippen LogP contribution in [0, 0.1) is 0 Å². The molecule has 1 aliphatic rings. The van der Waals surface area contributed by atoms with Gasteiger partial charge in [-0.3, -0.25) is 9.59 Å². The molecule has 0 bridgehead atoms. The van der Waals surface area contributed by atoms with Crippen LogP contribution in [0.4, 0.5) is 0 Å². The number of carbonyl (C=O) groups excluding carboxylic acids is 9. The molecule has 3 unspecified atom stereocenters. The Morgan fingerprint density at radius 1 is 0.881 bits per heavy atom. The van der Waals surface area contributed by atoms with Crippen molar-refractivity contribution in [1.82, 2.24) is 42.1 Å². The van der Waals surface area contributed by atoms with Crippen molar-refractivity contribution in [2.75, 3.05) is 46.5 Å². The number of rotatable bonds is 19. The standard InChI is InChI=1S/C23H33N8O10.Pb/c1-13(21(38)27-10-17(34)29-12-41-14(2)22(39)24-3)30-18(35)11-26-16(33)9-28-23(40)15(8-25-6-7-32)31-19(36)4-5-20(31)37;/h4-5,7,13-15,25H,1,6,8-12H2,2-3H3,(H,24,39)(H,26,33)(H,27,38)(H,28,40)(H,29,34)(H,30,35);. The third-order valence-corrected chi connectivity index (χ3v) is 6.98. The summed E-state index contributed by atoms with van der Waals surface area (Å²) >= 11 is 0.525. The van der Waals surface area contributed by atoms with Crippen molar-refractivity contribution in [3.05, 3.63) is 12.2 Å². The minimum Gasteiger partial charge on any atom is -0.308 e. The summed E-state index contributed by atoms with van der Waals surface area (Å²) in [4.78, 5) is 108. The predicted molar refractivity (Wildman–Crippen MR) is 143 cm³/mol. The number of amides is 8. The zero-order valence-corrected chi connectivity index (χ0v) is 26.8. The van der Waals surface area contributed by atoms with Crippen LogP contribution < -0.4 is 37.2 Å². The Kier molecular flexibility index (Phi) is 16.7. The van der Waals surface area contributed by atoms with E-state index in [9.17, 15) is 43.2 Å². The van der Waals surface area contributed by atoms with Gasteiger partial charge in [-0.25, -0.2) is 0 Å². The van der Waals surface area contributed by atoms with E-state index in [1.54, 1.807) is 0 Å². The Bertz CT molecular complexity index is 1070. The maximum atomic E-state index is 12.6. The van der Waals surface area contributed by atoms with Gasteiger partial charge in [0.2, 0.25) is 0 Å². The van der Waals surface area contributed by atoms with Gasteiger partial charge in [0.1, 0.15) is 6.29 Å². The summed E-state index contributed by atoms with van der Waals surface area (Å²) in [5.41, 5.74) is 0. The molecule has 0 saturated carbocycles. The number of imide groups is 1. The van der Waals surface area contributed by atoms with E-state index in [1.165, 1.54) is 14.0 Å². The van der Waals surface area contributed by atoms with Gasteiger partial charge >= 0.3 is 194 Å². The van der Waals surface area contributed by atoms with Crippen molar-refractivity contribution >= 4 is 79.3 Å². The van der Waals surface area contributed by atoms with Gasteiger partial charge < -0.3 is 10.1 Å². The summed E-state index contributed by atoms with van der Waals surface area (Å²) < 4.78 is 5.43. The fraction of sp³-hybridized carbons (Fsp3) is 0.522. The number of carbonyl (C=O) groups is 9. The molecule has 1 aliphatic heterocycles. The molecule has 0 aromatic carbocycles. The third-order valence-electron chi connectivity index (χ3n) is 5.39. The quantitative estimate of drug-likeness (QED) is 0.0213.